The first-order valence-electron chi connectivity index (χ1n) is 8.68. The molecule has 160 valence electrons. The summed E-state index contributed by atoms with van der Waals surface area (Å²) in [6.07, 6.45) is -2.62. The quantitative estimate of drug-likeness (QED) is 0.543. The van der Waals surface area contributed by atoms with Gasteiger partial charge in [0.15, 0.2) is 0 Å². The normalized spacial score (nSPS) is 12.0. The maximum atomic E-state index is 10.6. The second-order valence-electron chi connectivity index (χ2n) is 6.41. The van der Waals surface area contributed by atoms with Crippen LogP contribution in [0.5, 0.6) is 0 Å². The number of nitrogens with two attached hydrogens (primary N) is 1. The number of rotatable bonds is 5. The van der Waals surface area contributed by atoms with Crippen LogP contribution in [0.3, 0.4) is 0 Å². The largest absolute Gasteiger partial charge is 0.490 e. The maximum absolute atomic E-state index is 10.6. The predicted molar refractivity (Wildman–Crippen MR) is 106 cm³/mol. The van der Waals surface area contributed by atoms with Gasteiger partial charge in [-0.1, -0.05) is 0 Å². The molecule has 0 aromatic carbocycles. The number of furan rings is 1. The molecule has 0 radical (unpaired) electrons. The minimum atomic E-state index is -5.08. The zero-order valence-electron chi connectivity index (χ0n) is 16.1. The highest BCUT2D eigenvalue weighted by atomic mass is 32.1. The third-order valence-electron chi connectivity index (χ3n) is 3.87. The number of halogens is 3. The number of carboxylic acids is 1. The van der Waals surface area contributed by atoms with Crippen molar-refractivity contribution in [2.45, 2.75) is 39.0 Å². The highest BCUT2D eigenvalue weighted by Gasteiger charge is 2.38. The lowest BCUT2D eigenvalue weighted by Crippen LogP contribution is -2.21. The number of nitriles is 1. The summed E-state index contributed by atoms with van der Waals surface area (Å²) in [6.45, 7) is 4.60. The molecular weight excluding hydrogens is 421 g/mol. The van der Waals surface area contributed by atoms with E-state index in [1.807, 2.05) is 26.0 Å². The third-order valence-corrected chi connectivity index (χ3v) is 5.21. The Labute approximate surface area is 173 Å². The number of anilines is 1. The summed E-state index contributed by atoms with van der Waals surface area (Å²) in [5, 5.41) is 19.7. The van der Waals surface area contributed by atoms with Gasteiger partial charge in [0.1, 0.15) is 17.5 Å². The fourth-order valence-electron chi connectivity index (χ4n) is 2.49. The van der Waals surface area contributed by atoms with Crippen LogP contribution in [0.15, 0.2) is 28.9 Å². The van der Waals surface area contributed by atoms with E-state index in [2.05, 4.69) is 16.4 Å². The molecule has 3 aromatic heterocycles. The fraction of sp³-hybridized carbons (Fsp3) is 0.316. The van der Waals surface area contributed by atoms with Gasteiger partial charge in [-0.15, -0.1) is 11.3 Å². The van der Waals surface area contributed by atoms with E-state index in [4.69, 9.17) is 20.1 Å². The molecule has 0 aliphatic carbocycles. The van der Waals surface area contributed by atoms with Gasteiger partial charge in [-0.2, -0.15) is 18.4 Å². The molecule has 0 aliphatic rings. The van der Waals surface area contributed by atoms with E-state index < -0.39 is 12.1 Å². The lowest BCUT2D eigenvalue weighted by molar-refractivity contribution is -0.192. The SMILES string of the molecule is Cc1c(CC(C)N)sc2c(NCc3ccco3)cc(C#N)nc12.O=C(O)C(F)(F)F. The molecule has 4 N–H and O–H groups in total. The van der Waals surface area contributed by atoms with Crippen LogP contribution in [0.2, 0.25) is 0 Å². The second kappa shape index (κ2) is 9.60. The predicted octanol–water partition coefficient (Wildman–Crippen LogP) is 4.20. The number of hydrogen-bond acceptors (Lipinski definition) is 7. The summed E-state index contributed by atoms with van der Waals surface area (Å²) in [7, 11) is 0. The van der Waals surface area contributed by atoms with Gasteiger partial charge in [-0.3, -0.25) is 0 Å². The molecule has 0 bridgehead atoms. The minimum absolute atomic E-state index is 0.0942. The number of nitrogens with one attached hydrogen (secondary N) is 1. The van der Waals surface area contributed by atoms with Crippen LogP contribution in [0.1, 0.15) is 28.8 Å². The van der Waals surface area contributed by atoms with E-state index in [1.54, 1.807) is 23.7 Å². The number of nitrogens with zero attached hydrogens (tertiary/aromatic N) is 2. The van der Waals surface area contributed by atoms with Crippen molar-refractivity contribution in [3.05, 3.63) is 46.4 Å². The van der Waals surface area contributed by atoms with Crippen molar-refractivity contribution in [3.8, 4) is 6.07 Å². The van der Waals surface area contributed by atoms with Crippen LogP contribution < -0.4 is 11.1 Å². The number of thiophene rings is 1. The van der Waals surface area contributed by atoms with E-state index in [9.17, 15) is 18.4 Å². The number of carbonyl (C=O) groups is 1. The molecule has 0 amide bonds. The van der Waals surface area contributed by atoms with Crippen molar-refractivity contribution in [1.29, 1.82) is 5.26 Å². The van der Waals surface area contributed by atoms with Crippen molar-refractivity contribution in [1.82, 2.24) is 4.98 Å². The van der Waals surface area contributed by atoms with Gasteiger partial charge >= 0.3 is 12.1 Å². The number of aromatic nitrogens is 1. The highest BCUT2D eigenvalue weighted by Crippen LogP contribution is 2.36. The van der Waals surface area contributed by atoms with E-state index in [-0.39, 0.29) is 6.04 Å². The van der Waals surface area contributed by atoms with Gasteiger partial charge in [-0.05, 0) is 44.0 Å². The molecule has 3 aromatic rings. The summed E-state index contributed by atoms with van der Waals surface area (Å²) in [6, 6.07) is 7.79. The molecule has 0 aliphatic heterocycles. The number of aryl methyl sites for hydroxylation is 1. The van der Waals surface area contributed by atoms with Gasteiger partial charge < -0.3 is 20.6 Å². The Hall–Kier alpha value is -3.10. The number of carboxylic acid groups (broad SMARTS) is 1. The first-order chi connectivity index (χ1) is 14.0. The topological polar surface area (TPSA) is 125 Å². The number of aliphatic carboxylic acids is 1. The maximum Gasteiger partial charge on any atom is 0.490 e. The number of alkyl halides is 3. The summed E-state index contributed by atoms with van der Waals surface area (Å²) in [4.78, 5) is 14.6. The Bertz CT molecular complexity index is 1050. The zero-order chi connectivity index (χ0) is 22.5. The Kier molecular flexibility index (Phi) is 7.42. The number of fused-ring (bicyclic) bond motifs is 1. The lowest BCUT2D eigenvalue weighted by Gasteiger charge is -2.06. The standard InChI is InChI=1S/C17H18N4OS.C2HF3O2/c1-10(19)6-15-11(2)16-17(23-15)14(7-12(8-18)21-16)20-9-13-4-3-5-22-13;3-2(4,5)1(6)7/h3-5,7,10H,6,9,19H2,1-2H3,(H,20,21);(H,6,7). The third kappa shape index (κ3) is 5.95. The number of hydrogen-bond donors (Lipinski definition) is 3. The van der Waals surface area contributed by atoms with Crippen LogP contribution >= 0.6 is 11.3 Å². The van der Waals surface area contributed by atoms with Crippen molar-refractivity contribution >= 4 is 33.2 Å². The summed E-state index contributed by atoms with van der Waals surface area (Å²) >= 11 is 1.69. The zero-order valence-corrected chi connectivity index (χ0v) is 16.9. The fourth-order valence-corrected chi connectivity index (χ4v) is 3.87. The molecule has 3 rings (SSSR count). The van der Waals surface area contributed by atoms with Crippen LogP contribution in [0, 0.1) is 18.3 Å². The second-order valence-corrected chi connectivity index (χ2v) is 7.52. The van der Waals surface area contributed by atoms with Crippen molar-refractivity contribution in [2.24, 2.45) is 5.73 Å². The van der Waals surface area contributed by atoms with Crippen LogP contribution in [0.4, 0.5) is 18.9 Å². The first kappa shape index (κ1) is 23.2. The summed E-state index contributed by atoms with van der Waals surface area (Å²) < 4.78 is 38.1. The minimum Gasteiger partial charge on any atom is -0.475 e. The molecule has 30 heavy (non-hydrogen) atoms. The summed E-state index contributed by atoms with van der Waals surface area (Å²) in [5.74, 6) is -1.91. The van der Waals surface area contributed by atoms with Crippen molar-refractivity contribution < 1.29 is 27.5 Å². The Balaban J connectivity index is 0.000000396. The smallest absolute Gasteiger partial charge is 0.475 e. The summed E-state index contributed by atoms with van der Waals surface area (Å²) in [5.41, 5.74) is 9.25. The van der Waals surface area contributed by atoms with E-state index in [1.165, 1.54) is 4.88 Å². The van der Waals surface area contributed by atoms with Crippen molar-refractivity contribution in [2.75, 3.05) is 5.32 Å². The van der Waals surface area contributed by atoms with Gasteiger partial charge in [0.25, 0.3) is 0 Å². The molecule has 1 unspecified atom stereocenters. The Morgan fingerprint density at radius 3 is 2.67 bits per heavy atom. The van der Waals surface area contributed by atoms with Gasteiger partial charge in [0.05, 0.1) is 28.7 Å². The van der Waals surface area contributed by atoms with E-state index in [0.29, 0.717) is 12.2 Å². The monoisotopic (exact) mass is 440 g/mol. The molecule has 11 heteroatoms. The van der Waals surface area contributed by atoms with Crippen LogP contribution in [-0.2, 0) is 17.8 Å². The van der Waals surface area contributed by atoms with Gasteiger partial charge in [0.2, 0.25) is 0 Å². The first-order valence-corrected chi connectivity index (χ1v) is 9.49. The van der Waals surface area contributed by atoms with Gasteiger partial charge in [0, 0.05) is 10.9 Å². The average Bonchev–Trinajstić information content (AvgIpc) is 3.28. The molecule has 0 saturated carbocycles. The molecule has 0 fully saturated rings. The molecule has 0 saturated heterocycles. The van der Waals surface area contributed by atoms with Crippen LogP contribution in [0.25, 0.3) is 10.2 Å². The average molecular weight is 440 g/mol. The van der Waals surface area contributed by atoms with Gasteiger partial charge in [-0.25, -0.2) is 9.78 Å². The molecule has 1 atom stereocenters. The highest BCUT2D eigenvalue weighted by molar-refractivity contribution is 7.19. The van der Waals surface area contributed by atoms with E-state index >= 15 is 0 Å². The molecule has 7 nitrogen and oxygen atoms in total. The van der Waals surface area contributed by atoms with Crippen LogP contribution in [-0.4, -0.2) is 28.3 Å². The Morgan fingerprint density at radius 2 is 2.17 bits per heavy atom. The molecule has 0 spiro atoms. The number of pyridine rings is 1. The van der Waals surface area contributed by atoms with Crippen molar-refractivity contribution in [3.63, 3.8) is 0 Å². The van der Waals surface area contributed by atoms with E-state index in [0.717, 1.165) is 33.6 Å². The Morgan fingerprint density at radius 1 is 1.50 bits per heavy atom. The lowest BCUT2D eigenvalue weighted by atomic mass is 10.1. The molecular formula is C19H19F3N4O3S. The molecule has 3 heterocycles.